The van der Waals surface area contributed by atoms with Crippen molar-refractivity contribution < 1.29 is 19.1 Å². The van der Waals surface area contributed by atoms with Crippen molar-refractivity contribution in [3.05, 3.63) is 22.7 Å². The Hall–Kier alpha value is -1.95. The monoisotopic (exact) mass is 396 g/mol. The lowest BCUT2D eigenvalue weighted by Gasteiger charge is -2.37. The van der Waals surface area contributed by atoms with E-state index in [2.05, 4.69) is 26.1 Å². The number of nitrogens with one attached hydrogen (secondary N) is 1. The molecule has 0 radical (unpaired) electrons. The third-order valence-corrected chi connectivity index (χ3v) is 5.47. The van der Waals surface area contributed by atoms with Gasteiger partial charge in [0.25, 0.3) is 11.8 Å². The van der Waals surface area contributed by atoms with E-state index in [1.54, 1.807) is 6.07 Å². The minimum atomic E-state index is -0.624. The van der Waals surface area contributed by atoms with Crippen LogP contribution in [-0.4, -0.2) is 31.6 Å². The lowest BCUT2D eigenvalue weighted by molar-refractivity contribution is -0.119. The molecule has 150 valence electrons. The molecule has 0 bridgehead atoms. The summed E-state index contributed by atoms with van der Waals surface area (Å²) in [5.74, 6) is 1.22. The van der Waals surface area contributed by atoms with Gasteiger partial charge in [-0.15, -0.1) is 0 Å². The highest BCUT2D eigenvalue weighted by atomic mass is 35.5. The van der Waals surface area contributed by atoms with Crippen LogP contribution in [-0.2, 0) is 4.79 Å². The molecule has 0 saturated heterocycles. The normalized spacial score (nSPS) is 22.4. The van der Waals surface area contributed by atoms with Gasteiger partial charge in [0, 0.05) is 11.6 Å². The fourth-order valence-electron chi connectivity index (χ4n) is 3.75. The highest BCUT2D eigenvalue weighted by Crippen LogP contribution is 2.37. The molecule has 3 atom stereocenters. The zero-order valence-corrected chi connectivity index (χ0v) is 17.1. The zero-order valence-electron chi connectivity index (χ0n) is 16.4. The van der Waals surface area contributed by atoms with Gasteiger partial charge >= 0.3 is 0 Å². The number of nitrogens with two attached hydrogens (primary N) is 1. The van der Waals surface area contributed by atoms with E-state index in [-0.39, 0.29) is 35.1 Å². The summed E-state index contributed by atoms with van der Waals surface area (Å²) in [4.78, 5) is 23.8. The molecular weight excluding hydrogens is 368 g/mol. The standard InChI is InChI=1S/C20H29ClN2O4/c1-11(2)14-6-5-12(3)7-16(14)23-20(25)13-8-15(21)19(17(9-13)26-4)27-10-18(22)24/h8-9,11-12,14,16H,5-7,10H2,1-4H3,(H2,22,24)(H,23,25)/t12-,14+,16+/m0/s1. The van der Waals surface area contributed by atoms with Crippen molar-refractivity contribution in [2.24, 2.45) is 23.5 Å². The number of carbonyl (C=O) groups is 2. The van der Waals surface area contributed by atoms with Gasteiger partial charge in [-0.05, 0) is 42.7 Å². The Bertz CT molecular complexity index is 693. The Labute approximate surface area is 165 Å². The van der Waals surface area contributed by atoms with E-state index in [0.29, 0.717) is 23.3 Å². The van der Waals surface area contributed by atoms with Crippen LogP contribution in [0.5, 0.6) is 11.5 Å². The fraction of sp³-hybridized carbons (Fsp3) is 0.600. The molecule has 6 nitrogen and oxygen atoms in total. The SMILES string of the molecule is COc1cc(C(=O)N[C@@H]2C[C@@H](C)CC[C@@H]2C(C)C)cc(Cl)c1OCC(N)=O. The van der Waals surface area contributed by atoms with Crippen LogP contribution in [0, 0.1) is 17.8 Å². The van der Waals surface area contributed by atoms with E-state index >= 15 is 0 Å². The quantitative estimate of drug-likeness (QED) is 0.738. The first-order valence-electron chi connectivity index (χ1n) is 9.32. The molecule has 1 aliphatic rings. The van der Waals surface area contributed by atoms with Crippen molar-refractivity contribution in [3.63, 3.8) is 0 Å². The maximum Gasteiger partial charge on any atom is 0.255 e. The van der Waals surface area contributed by atoms with Crippen molar-refractivity contribution in [1.29, 1.82) is 0 Å². The van der Waals surface area contributed by atoms with Crippen molar-refractivity contribution in [1.82, 2.24) is 5.32 Å². The number of hydrogen-bond donors (Lipinski definition) is 2. The maximum atomic E-state index is 12.8. The second-order valence-electron chi connectivity index (χ2n) is 7.65. The highest BCUT2D eigenvalue weighted by molar-refractivity contribution is 6.32. The summed E-state index contributed by atoms with van der Waals surface area (Å²) in [6.07, 6.45) is 3.29. The van der Waals surface area contributed by atoms with Crippen LogP contribution < -0.4 is 20.5 Å². The molecule has 0 aliphatic heterocycles. The van der Waals surface area contributed by atoms with Crippen LogP contribution in [0.25, 0.3) is 0 Å². The number of rotatable bonds is 7. The lowest BCUT2D eigenvalue weighted by atomic mass is 9.74. The third kappa shape index (κ3) is 5.51. The van der Waals surface area contributed by atoms with Crippen LogP contribution in [0.2, 0.25) is 5.02 Å². The molecule has 2 rings (SSSR count). The van der Waals surface area contributed by atoms with Gasteiger partial charge in [-0.3, -0.25) is 9.59 Å². The van der Waals surface area contributed by atoms with Crippen LogP contribution >= 0.6 is 11.6 Å². The molecule has 1 aromatic carbocycles. The van der Waals surface area contributed by atoms with Crippen molar-refractivity contribution in [2.75, 3.05) is 13.7 Å². The molecule has 1 saturated carbocycles. The zero-order chi connectivity index (χ0) is 20.1. The first-order chi connectivity index (χ1) is 12.7. The average Bonchev–Trinajstić information content (AvgIpc) is 2.59. The second-order valence-corrected chi connectivity index (χ2v) is 8.06. The Morgan fingerprint density at radius 1 is 1.33 bits per heavy atom. The second kappa shape index (κ2) is 9.31. The Balaban J connectivity index is 2.20. The minimum Gasteiger partial charge on any atom is -0.493 e. The number of hydrogen-bond acceptors (Lipinski definition) is 4. The molecule has 0 aromatic heterocycles. The summed E-state index contributed by atoms with van der Waals surface area (Å²) >= 11 is 6.25. The van der Waals surface area contributed by atoms with Crippen molar-refractivity contribution in [2.45, 2.75) is 46.1 Å². The number of ether oxygens (including phenoxy) is 2. The number of benzene rings is 1. The van der Waals surface area contributed by atoms with Gasteiger partial charge in [0.2, 0.25) is 0 Å². The molecule has 27 heavy (non-hydrogen) atoms. The molecular formula is C20H29ClN2O4. The number of carbonyl (C=O) groups excluding carboxylic acids is 2. The van der Waals surface area contributed by atoms with Gasteiger partial charge in [0.15, 0.2) is 18.1 Å². The summed E-state index contributed by atoms with van der Waals surface area (Å²) in [5.41, 5.74) is 5.49. The van der Waals surface area contributed by atoms with E-state index in [9.17, 15) is 9.59 Å². The smallest absolute Gasteiger partial charge is 0.255 e. The van der Waals surface area contributed by atoms with Crippen LogP contribution in [0.4, 0.5) is 0 Å². The number of halogens is 1. The van der Waals surface area contributed by atoms with Crippen LogP contribution in [0.1, 0.15) is 50.4 Å². The van der Waals surface area contributed by atoms with Gasteiger partial charge in [0.05, 0.1) is 12.1 Å². The number of methoxy groups -OCH3 is 1. The topological polar surface area (TPSA) is 90.7 Å². The molecule has 3 N–H and O–H groups in total. The summed E-state index contributed by atoms with van der Waals surface area (Å²) in [6, 6.07) is 3.22. The van der Waals surface area contributed by atoms with Gasteiger partial charge in [-0.2, -0.15) is 0 Å². The summed E-state index contributed by atoms with van der Waals surface area (Å²) < 4.78 is 10.6. The average molecular weight is 397 g/mol. The Morgan fingerprint density at radius 3 is 2.63 bits per heavy atom. The molecule has 0 spiro atoms. The first-order valence-corrected chi connectivity index (χ1v) is 9.70. The van der Waals surface area contributed by atoms with Gasteiger partial charge in [-0.1, -0.05) is 38.8 Å². The maximum absolute atomic E-state index is 12.8. The van der Waals surface area contributed by atoms with Crippen LogP contribution in [0.3, 0.4) is 0 Å². The molecule has 7 heteroatoms. The van der Waals surface area contributed by atoms with E-state index < -0.39 is 5.91 Å². The van der Waals surface area contributed by atoms with Crippen molar-refractivity contribution >= 4 is 23.4 Å². The summed E-state index contributed by atoms with van der Waals surface area (Å²) in [7, 11) is 1.45. The minimum absolute atomic E-state index is 0.136. The molecule has 1 aliphatic carbocycles. The largest absolute Gasteiger partial charge is 0.493 e. The van der Waals surface area contributed by atoms with E-state index in [1.807, 2.05) is 0 Å². The molecule has 2 amide bonds. The van der Waals surface area contributed by atoms with Gasteiger partial charge < -0.3 is 20.5 Å². The molecule has 1 aromatic rings. The third-order valence-electron chi connectivity index (χ3n) is 5.19. The van der Waals surface area contributed by atoms with Crippen LogP contribution in [0.15, 0.2) is 12.1 Å². The Morgan fingerprint density at radius 2 is 2.04 bits per heavy atom. The van der Waals surface area contributed by atoms with Gasteiger partial charge in [-0.25, -0.2) is 0 Å². The fourth-order valence-corrected chi connectivity index (χ4v) is 4.02. The van der Waals surface area contributed by atoms with E-state index in [1.165, 1.54) is 19.6 Å². The van der Waals surface area contributed by atoms with E-state index in [4.69, 9.17) is 26.8 Å². The number of primary amides is 1. The Kier molecular flexibility index (Phi) is 7.36. The predicted molar refractivity (Wildman–Crippen MR) is 105 cm³/mol. The van der Waals surface area contributed by atoms with Gasteiger partial charge in [0.1, 0.15) is 0 Å². The molecule has 1 fully saturated rings. The van der Waals surface area contributed by atoms with Crippen molar-refractivity contribution in [3.8, 4) is 11.5 Å². The molecule has 0 heterocycles. The predicted octanol–water partition coefficient (Wildman–Crippen LogP) is 3.40. The summed E-state index contributed by atoms with van der Waals surface area (Å²) in [5, 5.41) is 3.37. The number of amides is 2. The van der Waals surface area contributed by atoms with E-state index in [0.717, 1.165) is 12.8 Å². The summed E-state index contributed by atoms with van der Waals surface area (Å²) in [6.45, 7) is 6.30. The first kappa shape index (κ1) is 21.4. The molecule has 0 unspecified atom stereocenters. The lowest BCUT2D eigenvalue weighted by Crippen LogP contribution is -2.45. The highest BCUT2D eigenvalue weighted by Gasteiger charge is 2.32.